The van der Waals surface area contributed by atoms with Gasteiger partial charge in [0.1, 0.15) is 10.6 Å². The van der Waals surface area contributed by atoms with Crippen LogP contribution in [0.15, 0.2) is 27.0 Å². The van der Waals surface area contributed by atoms with Crippen molar-refractivity contribution in [2.75, 3.05) is 17.6 Å². The Bertz CT molecular complexity index is 743. The Morgan fingerprint density at radius 2 is 2.15 bits per heavy atom. The lowest BCUT2D eigenvalue weighted by atomic mass is 10.2. The van der Waals surface area contributed by atoms with Crippen molar-refractivity contribution in [1.29, 1.82) is 0 Å². The SMILES string of the molecule is COc1cc(C)c(N)cc1S(=O)(=O)Nc1ncc(Br)s1. The van der Waals surface area contributed by atoms with Gasteiger partial charge in [-0.25, -0.2) is 13.4 Å². The minimum Gasteiger partial charge on any atom is -0.495 e. The van der Waals surface area contributed by atoms with Gasteiger partial charge in [-0.15, -0.1) is 0 Å². The van der Waals surface area contributed by atoms with E-state index in [0.717, 1.165) is 9.35 Å². The van der Waals surface area contributed by atoms with Crippen molar-refractivity contribution in [2.45, 2.75) is 11.8 Å². The number of ether oxygens (including phenoxy) is 1. The van der Waals surface area contributed by atoms with Crippen LogP contribution in [0.3, 0.4) is 0 Å². The van der Waals surface area contributed by atoms with Crippen LogP contribution in [0.25, 0.3) is 0 Å². The Balaban J connectivity index is 2.46. The Morgan fingerprint density at radius 1 is 1.45 bits per heavy atom. The maximum atomic E-state index is 12.4. The number of benzene rings is 1. The Kier molecular flexibility index (Phi) is 4.21. The van der Waals surface area contributed by atoms with Crippen molar-refractivity contribution in [1.82, 2.24) is 4.98 Å². The number of aromatic nitrogens is 1. The topological polar surface area (TPSA) is 94.3 Å². The molecule has 2 rings (SSSR count). The van der Waals surface area contributed by atoms with E-state index >= 15 is 0 Å². The van der Waals surface area contributed by atoms with E-state index in [1.165, 1.54) is 30.7 Å². The third-order valence-electron chi connectivity index (χ3n) is 2.54. The van der Waals surface area contributed by atoms with E-state index in [2.05, 4.69) is 25.6 Å². The summed E-state index contributed by atoms with van der Waals surface area (Å²) < 4.78 is 32.9. The number of thiazole rings is 1. The molecule has 0 fully saturated rings. The molecular formula is C11H12BrN3O3S2. The minimum absolute atomic E-state index is 0.0191. The fourth-order valence-electron chi connectivity index (χ4n) is 1.52. The molecule has 1 heterocycles. The van der Waals surface area contributed by atoms with Crippen molar-refractivity contribution in [2.24, 2.45) is 0 Å². The van der Waals surface area contributed by atoms with Crippen molar-refractivity contribution < 1.29 is 13.2 Å². The van der Waals surface area contributed by atoms with Gasteiger partial charge in [0, 0.05) is 5.69 Å². The number of hydrogen-bond donors (Lipinski definition) is 2. The second kappa shape index (κ2) is 5.58. The van der Waals surface area contributed by atoms with E-state index in [-0.39, 0.29) is 15.8 Å². The van der Waals surface area contributed by atoms with Gasteiger partial charge in [-0.2, -0.15) is 0 Å². The summed E-state index contributed by atoms with van der Waals surface area (Å²) in [7, 11) is -2.40. The smallest absolute Gasteiger partial charge is 0.267 e. The van der Waals surface area contributed by atoms with Crippen LogP contribution in [0.1, 0.15) is 5.56 Å². The van der Waals surface area contributed by atoms with E-state index < -0.39 is 10.0 Å². The van der Waals surface area contributed by atoms with Crippen LogP contribution in [-0.4, -0.2) is 20.5 Å². The van der Waals surface area contributed by atoms with Gasteiger partial charge in [-0.1, -0.05) is 11.3 Å². The Labute approximate surface area is 129 Å². The molecule has 0 aliphatic rings. The zero-order chi connectivity index (χ0) is 14.9. The molecule has 0 saturated heterocycles. The zero-order valence-electron chi connectivity index (χ0n) is 10.7. The summed E-state index contributed by atoms with van der Waals surface area (Å²) in [5, 5.41) is 0.262. The lowest BCUT2D eigenvalue weighted by Crippen LogP contribution is -2.14. The number of nitrogen functional groups attached to an aromatic ring is 1. The van der Waals surface area contributed by atoms with Crippen molar-refractivity contribution in [3.05, 3.63) is 27.7 Å². The summed E-state index contributed by atoms with van der Waals surface area (Å²) >= 11 is 4.40. The molecule has 1 aromatic heterocycles. The lowest BCUT2D eigenvalue weighted by Gasteiger charge is -2.12. The molecule has 0 aliphatic carbocycles. The summed E-state index contributed by atoms with van der Waals surface area (Å²) in [4.78, 5) is 3.91. The van der Waals surface area contributed by atoms with Crippen LogP contribution in [0.4, 0.5) is 10.8 Å². The van der Waals surface area contributed by atoms with Gasteiger partial charge in [0.2, 0.25) is 0 Å². The van der Waals surface area contributed by atoms with Gasteiger partial charge in [0.25, 0.3) is 10.0 Å². The normalized spacial score (nSPS) is 11.3. The molecule has 0 radical (unpaired) electrons. The number of nitrogens with zero attached hydrogens (tertiary/aromatic N) is 1. The van der Waals surface area contributed by atoms with Crippen molar-refractivity contribution >= 4 is 48.1 Å². The van der Waals surface area contributed by atoms with Gasteiger partial charge in [0.15, 0.2) is 5.13 Å². The van der Waals surface area contributed by atoms with Crippen LogP contribution in [-0.2, 0) is 10.0 Å². The number of nitrogens with two attached hydrogens (primary N) is 1. The average Bonchev–Trinajstić information content (AvgIpc) is 2.76. The maximum Gasteiger partial charge on any atom is 0.267 e. The van der Waals surface area contributed by atoms with E-state index in [9.17, 15) is 8.42 Å². The first-order chi connectivity index (χ1) is 9.33. The van der Waals surface area contributed by atoms with E-state index in [1.54, 1.807) is 13.0 Å². The number of halogens is 1. The number of anilines is 2. The summed E-state index contributed by atoms with van der Waals surface area (Å²) in [6.07, 6.45) is 1.52. The average molecular weight is 378 g/mol. The van der Waals surface area contributed by atoms with Gasteiger partial charge >= 0.3 is 0 Å². The van der Waals surface area contributed by atoms with Crippen molar-refractivity contribution in [3.63, 3.8) is 0 Å². The molecule has 2 aromatic rings. The summed E-state index contributed by atoms with van der Waals surface area (Å²) in [5.41, 5.74) is 6.90. The van der Waals surface area contributed by atoms with Gasteiger partial charge in [-0.3, -0.25) is 4.72 Å². The number of hydrogen-bond acceptors (Lipinski definition) is 6. The second-order valence-electron chi connectivity index (χ2n) is 3.93. The summed E-state index contributed by atoms with van der Waals surface area (Å²) in [6.45, 7) is 1.78. The molecular weight excluding hydrogens is 366 g/mol. The van der Waals surface area contributed by atoms with E-state index in [0.29, 0.717) is 5.69 Å². The fraction of sp³-hybridized carbons (Fsp3) is 0.182. The molecule has 3 N–H and O–H groups in total. The van der Waals surface area contributed by atoms with Crippen LogP contribution < -0.4 is 15.2 Å². The van der Waals surface area contributed by atoms with Crippen molar-refractivity contribution in [3.8, 4) is 5.75 Å². The van der Waals surface area contributed by atoms with Crippen LogP contribution >= 0.6 is 27.3 Å². The summed E-state index contributed by atoms with van der Waals surface area (Å²) in [6, 6.07) is 2.96. The predicted molar refractivity (Wildman–Crippen MR) is 82.8 cm³/mol. The molecule has 0 aliphatic heterocycles. The Hall–Kier alpha value is -1.32. The first-order valence-electron chi connectivity index (χ1n) is 5.42. The van der Waals surface area contributed by atoms with Gasteiger partial charge in [0.05, 0.1) is 17.1 Å². The number of methoxy groups -OCH3 is 1. The maximum absolute atomic E-state index is 12.4. The highest BCUT2D eigenvalue weighted by Crippen LogP contribution is 2.31. The predicted octanol–water partition coefficient (Wildman–Crippen LogP) is 2.61. The molecule has 108 valence electrons. The van der Waals surface area contributed by atoms with E-state index in [4.69, 9.17) is 10.5 Å². The highest BCUT2D eigenvalue weighted by molar-refractivity contribution is 9.11. The molecule has 0 amide bonds. The molecule has 20 heavy (non-hydrogen) atoms. The number of nitrogens with one attached hydrogen (secondary N) is 1. The zero-order valence-corrected chi connectivity index (χ0v) is 13.9. The first kappa shape index (κ1) is 15.1. The minimum atomic E-state index is -3.81. The third-order valence-corrected chi connectivity index (χ3v) is 5.42. The third kappa shape index (κ3) is 3.05. The largest absolute Gasteiger partial charge is 0.495 e. The molecule has 6 nitrogen and oxygen atoms in total. The monoisotopic (exact) mass is 377 g/mol. The first-order valence-corrected chi connectivity index (χ1v) is 8.51. The molecule has 0 atom stereocenters. The molecule has 0 spiro atoms. The number of aryl methyl sites for hydroxylation is 1. The fourth-order valence-corrected chi connectivity index (χ4v) is 4.05. The molecule has 1 aromatic carbocycles. The molecule has 0 unspecified atom stereocenters. The summed E-state index contributed by atoms with van der Waals surface area (Å²) in [5.74, 6) is 0.236. The second-order valence-corrected chi connectivity index (χ2v) is 8.00. The van der Waals surface area contributed by atoms with Gasteiger partial charge < -0.3 is 10.5 Å². The van der Waals surface area contributed by atoms with E-state index in [1.807, 2.05) is 0 Å². The van der Waals surface area contributed by atoms with Gasteiger partial charge in [-0.05, 0) is 40.5 Å². The van der Waals surface area contributed by atoms with Crippen LogP contribution in [0, 0.1) is 6.92 Å². The quantitative estimate of drug-likeness (QED) is 0.798. The number of rotatable bonds is 4. The van der Waals surface area contributed by atoms with Crippen LogP contribution in [0.5, 0.6) is 5.75 Å². The molecule has 0 bridgehead atoms. The molecule has 0 saturated carbocycles. The highest BCUT2D eigenvalue weighted by atomic mass is 79.9. The standard InChI is InChI=1S/C11H12BrN3O3S2/c1-6-3-8(18-2)9(4-7(6)13)20(16,17)15-11-14-5-10(12)19-11/h3-5H,13H2,1-2H3,(H,14,15). The van der Waals surface area contributed by atoms with Crippen LogP contribution in [0.2, 0.25) is 0 Å². The Morgan fingerprint density at radius 3 is 2.70 bits per heavy atom. The lowest BCUT2D eigenvalue weighted by molar-refractivity contribution is 0.402. The number of sulfonamides is 1. The molecule has 9 heteroatoms. The highest BCUT2D eigenvalue weighted by Gasteiger charge is 2.22.